The molecule has 2 aromatic rings. The minimum atomic E-state index is -3.77. The Morgan fingerprint density at radius 3 is 2.33 bits per heavy atom. The SMILES string of the molecule is Cc1ccc(S(=O)(=O)N2C[C@H]([C@@H](NC(=O)O)c3ccccc3)[C@H](O)C2)cc1. The van der Waals surface area contributed by atoms with Crippen molar-refractivity contribution in [2.75, 3.05) is 13.1 Å². The Hall–Kier alpha value is -2.42. The third kappa shape index (κ3) is 4.13. The molecule has 0 aliphatic carbocycles. The van der Waals surface area contributed by atoms with E-state index in [1.165, 1.54) is 16.4 Å². The first-order chi connectivity index (χ1) is 12.8. The number of nitrogens with one attached hydrogen (secondary N) is 1. The number of aliphatic hydroxyl groups is 1. The van der Waals surface area contributed by atoms with Crippen LogP contribution in [-0.2, 0) is 10.0 Å². The molecule has 0 spiro atoms. The molecule has 0 saturated carbocycles. The standard InChI is InChI=1S/C19H22N2O5S/c1-13-7-9-15(10-8-13)27(25,26)21-11-16(17(22)12-21)18(20-19(23)24)14-5-3-2-4-6-14/h2-10,16-18,20,22H,11-12H2,1H3,(H,23,24)/t16-,17+,18-/m0/s1. The summed E-state index contributed by atoms with van der Waals surface area (Å²) in [5, 5.41) is 22.1. The summed E-state index contributed by atoms with van der Waals surface area (Å²) in [5.74, 6) is -0.594. The number of benzene rings is 2. The lowest BCUT2D eigenvalue weighted by Crippen LogP contribution is -2.37. The highest BCUT2D eigenvalue weighted by atomic mass is 32.2. The molecule has 0 unspecified atom stereocenters. The molecule has 1 aliphatic heterocycles. The van der Waals surface area contributed by atoms with Crippen LogP contribution in [0.1, 0.15) is 17.2 Å². The maximum atomic E-state index is 12.9. The summed E-state index contributed by atoms with van der Waals surface area (Å²) in [4.78, 5) is 11.4. The van der Waals surface area contributed by atoms with Crippen LogP contribution < -0.4 is 5.32 Å². The van der Waals surface area contributed by atoms with Crippen molar-refractivity contribution in [1.29, 1.82) is 0 Å². The second-order valence-corrected chi connectivity index (χ2v) is 8.64. The first kappa shape index (κ1) is 19.3. The van der Waals surface area contributed by atoms with Crippen LogP contribution in [0.2, 0.25) is 0 Å². The van der Waals surface area contributed by atoms with Crippen LogP contribution in [0.5, 0.6) is 0 Å². The Morgan fingerprint density at radius 1 is 1.11 bits per heavy atom. The van der Waals surface area contributed by atoms with E-state index in [1.807, 2.05) is 6.92 Å². The van der Waals surface area contributed by atoms with E-state index in [0.29, 0.717) is 5.56 Å². The minimum absolute atomic E-state index is 0.0250. The highest BCUT2D eigenvalue weighted by Gasteiger charge is 2.43. The number of hydrogen-bond donors (Lipinski definition) is 3. The largest absolute Gasteiger partial charge is 0.465 e. The van der Waals surface area contributed by atoms with Gasteiger partial charge in [-0.15, -0.1) is 0 Å². The van der Waals surface area contributed by atoms with Crippen molar-refractivity contribution in [3.8, 4) is 0 Å². The number of aryl methyl sites for hydroxylation is 1. The fourth-order valence-electron chi connectivity index (χ4n) is 3.39. The number of amides is 1. The van der Waals surface area contributed by atoms with Crippen molar-refractivity contribution < 1.29 is 23.4 Å². The van der Waals surface area contributed by atoms with Gasteiger partial charge in [0.1, 0.15) is 0 Å². The second-order valence-electron chi connectivity index (χ2n) is 6.70. The van der Waals surface area contributed by atoms with Gasteiger partial charge in [-0.2, -0.15) is 4.31 Å². The Labute approximate surface area is 158 Å². The third-order valence-corrected chi connectivity index (χ3v) is 6.67. The summed E-state index contributed by atoms with van der Waals surface area (Å²) in [7, 11) is -3.77. The molecule has 1 fully saturated rings. The number of nitrogens with zero attached hydrogens (tertiary/aromatic N) is 1. The van der Waals surface area contributed by atoms with Crippen LogP contribution in [0.4, 0.5) is 4.79 Å². The predicted molar refractivity (Wildman–Crippen MR) is 99.8 cm³/mol. The molecule has 1 aliphatic rings. The molecule has 144 valence electrons. The van der Waals surface area contributed by atoms with Crippen LogP contribution in [0, 0.1) is 12.8 Å². The van der Waals surface area contributed by atoms with Gasteiger partial charge in [0.25, 0.3) is 0 Å². The number of carboxylic acid groups (broad SMARTS) is 1. The Bertz CT molecular complexity index is 899. The van der Waals surface area contributed by atoms with Crippen LogP contribution in [0.25, 0.3) is 0 Å². The Morgan fingerprint density at radius 2 is 1.74 bits per heavy atom. The van der Waals surface area contributed by atoms with Gasteiger partial charge in [-0.1, -0.05) is 48.0 Å². The topological polar surface area (TPSA) is 107 Å². The van der Waals surface area contributed by atoms with Gasteiger partial charge in [-0.3, -0.25) is 0 Å². The van der Waals surface area contributed by atoms with Crippen molar-refractivity contribution in [2.24, 2.45) is 5.92 Å². The third-order valence-electron chi connectivity index (χ3n) is 4.82. The van der Waals surface area contributed by atoms with E-state index in [9.17, 15) is 23.4 Å². The average Bonchev–Trinajstić information content (AvgIpc) is 3.03. The van der Waals surface area contributed by atoms with E-state index in [1.54, 1.807) is 42.5 Å². The van der Waals surface area contributed by atoms with E-state index in [-0.39, 0.29) is 18.0 Å². The molecule has 3 N–H and O–H groups in total. The monoisotopic (exact) mass is 390 g/mol. The minimum Gasteiger partial charge on any atom is -0.465 e. The van der Waals surface area contributed by atoms with Gasteiger partial charge < -0.3 is 15.5 Å². The number of sulfonamides is 1. The summed E-state index contributed by atoms with van der Waals surface area (Å²) in [6.45, 7) is 1.82. The fraction of sp³-hybridized carbons (Fsp3) is 0.316. The number of β-amino-alcohol motifs (C(OH)–C–C–N with tert-alkyl or cyclic N) is 1. The van der Waals surface area contributed by atoms with Crippen molar-refractivity contribution >= 4 is 16.1 Å². The van der Waals surface area contributed by atoms with E-state index in [0.717, 1.165) is 5.56 Å². The molecule has 1 amide bonds. The summed E-state index contributed by atoms with van der Waals surface area (Å²) in [6, 6.07) is 14.7. The van der Waals surface area contributed by atoms with Gasteiger partial charge in [0.2, 0.25) is 10.0 Å². The smallest absolute Gasteiger partial charge is 0.405 e. The highest BCUT2D eigenvalue weighted by molar-refractivity contribution is 7.89. The number of hydrogen-bond acceptors (Lipinski definition) is 4. The molecular weight excluding hydrogens is 368 g/mol. The maximum absolute atomic E-state index is 12.9. The first-order valence-corrected chi connectivity index (χ1v) is 10.0. The molecule has 8 heteroatoms. The molecule has 0 aromatic heterocycles. The first-order valence-electron chi connectivity index (χ1n) is 8.58. The predicted octanol–water partition coefficient (Wildman–Crippen LogP) is 1.99. The molecule has 27 heavy (non-hydrogen) atoms. The molecule has 7 nitrogen and oxygen atoms in total. The van der Waals surface area contributed by atoms with Crippen LogP contribution in [0.3, 0.4) is 0 Å². The van der Waals surface area contributed by atoms with E-state index < -0.39 is 34.2 Å². The average molecular weight is 390 g/mol. The van der Waals surface area contributed by atoms with Gasteiger partial charge >= 0.3 is 6.09 Å². The van der Waals surface area contributed by atoms with Crippen molar-refractivity contribution in [3.63, 3.8) is 0 Å². The van der Waals surface area contributed by atoms with Crippen LogP contribution in [-0.4, -0.2) is 48.2 Å². The molecular formula is C19H22N2O5S. The van der Waals surface area contributed by atoms with Gasteiger partial charge in [-0.05, 0) is 24.6 Å². The maximum Gasteiger partial charge on any atom is 0.405 e. The van der Waals surface area contributed by atoms with Crippen LogP contribution in [0.15, 0.2) is 59.5 Å². The normalized spacial score (nSPS) is 21.7. The molecule has 2 aromatic carbocycles. The molecule has 3 atom stereocenters. The molecule has 0 bridgehead atoms. The zero-order valence-corrected chi connectivity index (χ0v) is 15.6. The lowest BCUT2D eigenvalue weighted by atomic mass is 9.90. The number of rotatable bonds is 5. The summed E-state index contributed by atoms with van der Waals surface area (Å²) < 4.78 is 27.0. The fourth-order valence-corrected chi connectivity index (χ4v) is 4.88. The Kier molecular flexibility index (Phi) is 5.50. The summed E-state index contributed by atoms with van der Waals surface area (Å²) in [6.07, 6.45) is -2.21. The van der Waals surface area contributed by atoms with Gasteiger partial charge in [0, 0.05) is 19.0 Å². The zero-order chi connectivity index (χ0) is 19.6. The van der Waals surface area contributed by atoms with Crippen molar-refractivity contribution in [2.45, 2.75) is 24.0 Å². The number of aliphatic hydroxyl groups excluding tert-OH is 1. The van der Waals surface area contributed by atoms with Crippen molar-refractivity contribution in [1.82, 2.24) is 9.62 Å². The number of carbonyl (C=O) groups is 1. The van der Waals surface area contributed by atoms with E-state index >= 15 is 0 Å². The zero-order valence-electron chi connectivity index (χ0n) is 14.8. The summed E-state index contributed by atoms with van der Waals surface area (Å²) >= 11 is 0. The molecule has 3 rings (SSSR count). The van der Waals surface area contributed by atoms with Crippen LogP contribution >= 0.6 is 0 Å². The van der Waals surface area contributed by atoms with E-state index in [2.05, 4.69) is 5.32 Å². The Balaban J connectivity index is 1.87. The van der Waals surface area contributed by atoms with E-state index in [4.69, 9.17) is 0 Å². The quantitative estimate of drug-likeness (QED) is 0.724. The van der Waals surface area contributed by atoms with Crippen molar-refractivity contribution in [3.05, 3.63) is 65.7 Å². The lowest BCUT2D eigenvalue weighted by Gasteiger charge is -2.26. The van der Waals surface area contributed by atoms with Gasteiger partial charge in [-0.25, -0.2) is 13.2 Å². The lowest BCUT2D eigenvalue weighted by molar-refractivity contribution is 0.119. The highest BCUT2D eigenvalue weighted by Crippen LogP contribution is 2.33. The second kappa shape index (κ2) is 7.67. The van der Waals surface area contributed by atoms with Gasteiger partial charge in [0.15, 0.2) is 0 Å². The van der Waals surface area contributed by atoms with Gasteiger partial charge in [0.05, 0.1) is 17.0 Å². The summed E-state index contributed by atoms with van der Waals surface area (Å²) in [5.41, 5.74) is 1.63. The molecule has 0 radical (unpaired) electrons. The molecule has 1 heterocycles. The molecule has 1 saturated heterocycles.